The molecule has 2 aliphatic rings. The van der Waals surface area contributed by atoms with Crippen molar-refractivity contribution in [2.24, 2.45) is 4.99 Å². The van der Waals surface area contributed by atoms with Crippen LogP contribution < -0.4 is 15.4 Å². The maximum absolute atomic E-state index is 6.16. The van der Waals surface area contributed by atoms with E-state index in [-0.39, 0.29) is 41.7 Å². The lowest BCUT2D eigenvalue weighted by atomic mass is 9.90. The van der Waals surface area contributed by atoms with Gasteiger partial charge in [-0.25, -0.2) is 0 Å². The van der Waals surface area contributed by atoms with Gasteiger partial charge in [0.05, 0.1) is 18.3 Å². The predicted octanol–water partition coefficient (Wildman–Crippen LogP) is 4.50. The number of hydrogen-bond acceptors (Lipinski definition) is 4. The standard InChI is InChI=1S/C23H32N4O2.HI/c1-23(2)15-18(17-9-4-5-10-20(17)29-23)26-22(24-3)25-16-19(21-11-8-14-28-21)27-12-6-7-13-27;/h4-5,8-11,14,18-19H,6-7,12-13,15-16H2,1-3H3,(H2,24,25,26);1H. The zero-order valence-electron chi connectivity index (χ0n) is 18.1. The fraction of sp³-hybridized carbons (Fsp3) is 0.522. The van der Waals surface area contributed by atoms with Crippen LogP contribution in [0.4, 0.5) is 0 Å². The SMILES string of the molecule is CN=C(NCC(c1ccco1)N1CCCC1)NC1CC(C)(C)Oc2ccccc21.I. The number of para-hydroxylation sites is 1. The minimum atomic E-state index is -0.225. The van der Waals surface area contributed by atoms with E-state index >= 15 is 0 Å². The molecule has 1 saturated heterocycles. The minimum Gasteiger partial charge on any atom is -0.487 e. The summed E-state index contributed by atoms with van der Waals surface area (Å²) in [6.07, 6.45) is 5.13. The average molecular weight is 524 g/mol. The Labute approximate surface area is 196 Å². The lowest BCUT2D eigenvalue weighted by molar-refractivity contribution is 0.0693. The van der Waals surface area contributed by atoms with E-state index in [4.69, 9.17) is 9.15 Å². The van der Waals surface area contributed by atoms with Crippen LogP contribution in [0.15, 0.2) is 52.1 Å². The third-order valence-corrected chi connectivity index (χ3v) is 5.83. The summed E-state index contributed by atoms with van der Waals surface area (Å²) in [6.45, 7) is 7.24. The molecule has 2 unspecified atom stereocenters. The highest BCUT2D eigenvalue weighted by atomic mass is 127. The van der Waals surface area contributed by atoms with Gasteiger partial charge in [-0.1, -0.05) is 18.2 Å². The molecule has 164 valence electrons. The van der Waals surface area contributed by atoms with Crippen molar-refractivity contribution in [1.29, 1.82) is 0 Å². The molecule has 6 nitrogen and oxygen atoms in total. The summed E-state index contributed by atoms with van der Waals surface area (Å²) in [5.74, 6) is 2.76. The Kier molecular flexibility index (Phi) is 7.68. The summed E-state index contributed by atoms with van der Waals surface area (Å²) in [6, 6.07) is 12.6. The summed E-state index contributed by atoms with van der Waals surface area (Å²) < 4.78 is 11.9. The molecule has 7 heteroatoms. The number of rotatable bonds is 5. The van der Waals surface area contributed by atoms with Crippen LogP contribution in [0.25, 0.3) is 0 Å². The number of fused-ring (bicyclic) bond motifs is 1. The number of benzene rings is 1. The molecule has 0 aliphatic carbocycles. The lowest BCUT2D eigenvalue weighted by Gasteiger charge is -2.38. The number of furan rings is 1. The van der Waals surface area contributed by atoms with Crippen LogP contribution >= 0.6 is 24.0 Å². The smallest absolute Gasteiger partial charge is 0.191 e. The quantitative estimate of drug-likeness (QED) is 0.343. The zero-order chi connectivity index (χ0) is 20.3. The largest absolute Gasteiger partial charge is 0.487 e. The van der Waals surface area contributed by atoms with Crippen molar-refractivity contribution in [1.82, 2.24) is 15.5 Å². The molecule has 3 heterocycles. The molecule has 1 fully saturated rings. The molecule has 0 amide bonds. The van der Waals surface area contributed by atoms with Gasteiger partial charge in [0.15, 0.2) is 5.96 Å². The number of guanidine groups is 1. The van der Waals surface area contributed by atoms with Gasteiger partial charge in [-0.05, 0) is 58.0 Å². The molecule has 0 saturated carbocycles. The molecule has 2 aromatic rings. The fourth-order valence-electron chi connectivity index (χ4n) is 4.43. The van der Waals surface area contributed by atoms with Crippen LogP contribution in [0.2, 0.25) is 0 Å². The van der Waals surface area contributed by atoms with E-state index in [0.29, 0.717) is 0 Å². The first-order valence-corrected chi connectivity index (χ1v) is 10.6. The number of nitrogens with one attached hydrogen (secondary N) is 2. The number of likely N-dealkylation sites (tertiary alicyclic amines) is 1. The normalized spacial score (nSPS) is 21.8. The molecule has 0 bridgehead atoms. The molecule has 2 aliphatic heterocycles. The maximum Gasteiger partial charge on any atom is 0.191 e. The molecular weight excluding hydrogens is 491 g/mol. The number of aliphatic imine (C=N–C) groups is 1. The van der Waals surface area contributed by atoms with E-state index in [2.05, 4.69) is 52.6 Å². The van der Waals surface area contributed by atoms with Gasteiger partial charge in [0.25, 0.3) is 0 Å². The molecule has 0 spiro atoms. The average Bonchev–Trinajstić information content (AvgIpc) is 3.41. The fourth-order valence-corrected chi connectivity index (χ4v) is 4.43. The van der Waals surface area contributed by atoms with E-state index in [1.54, 1.807) is 6.26 Å². The first-order valence-electron chi connectivity index (χ1n) is 10.6. The van der Waals surface area contributed by atoms with Crippen molar-refractivity contribution >= 4 is 29.9 Å². The topological polar surface area (TPSA) is 62.0 Å². The highest BCUT2D eigenvalue weighted by Crippen LogP contribution is 2.39. The molecule has 2 atom stereocenters. The third kappa shape index (κ3) is 5.29. The molecule has 0 radical (unpaired) electrons. The van der Waals surface area contributed by atoms with Crippen molar-refractivity contribution in [3.63, 3.8) is 0 Å². The van der Waals surface area contributed by atoms with Crippen molar-refractivity contribution in [2.45, 2.75) is 50.8 Å². The van der Waals surface area contributed by atoms with Crippen molar-refractivity contribution < 1.29 is 9.15 Å². The lowest BCUT2D eigenvalue weighted by Crippen LogP contribution is -2.47. The summed E-state index contributed by atoms with van der Waals surface area (Å²) in [5.41, 5.74) is 0.953. The van der Waals surface area contributed by atoms with Gasteiger partial charge in [-0.3, -0.25) is 9.89 Å². The van der Waals surface area contributed by atoms with Crippen LogP contribution in [-0.2, 0) is 0 Å². The van der Waals surface area contributed by atoms with Crippen LogP contribution in [0.1, 0.15) is 56.5 Å². The Hall–Kier alpha value is -1.74. The Bertz CT molecular complexity index is 831. The first kappa shape index (κ1) is 22.9. The maximum atomic E-state index is 6.16. The summed E-state index contributed by atoms with van der Waals surface area (Å²) in [4.78, 5) is 6.98. The highest BCUT2D eigenvalue weighted by molar-refractivity contribution is 14.0. The minimum absolute atomic E-state index is 0. The number of ether oxygens (including phenoxy) is 1. The summed E-state index contributed by atoms with van der Waals surface area (Å²) >= 11 is 0. The first-order chi connectivity index (χ1) is 14.1. The molecular formula is C23H33IN4O2. The Balaban J connectivity index is 0.00000256. The van der Waals surface area contributed by atoms with E-state index in [9.17, 15) is 0 Å². The molecule has 1 aromatic carbocycles. The van der Waals surface area contributed by atoms with Crippen LogP contribution in [0.3, 0.4) is 0 Å². The number of hydrogen-bond donors (Lipinski definition) is 2. The second-order valence-electron chi connectivity index (χ2n) is 8.53. The molecule has 2 N–H and O–H groups in total. The van der Waals surface area contributed by atoms with Gasteiger partial charge in [-0.15, -0.1) is 24.0 Å². The second-order valence-corrected chi connectivity index (χ2v) is 8.53. The van der Waals surface area contributed by atoms with Crippen molar-refractivity contribution in [3.8, 4) is 5.75 Å². The molecule has 30 heavy (non-hydrogen) atoms. The Morgan fingerprint density at radius 1 is 1.20 bits per heavy atom. The number of nitrogens with zero attached hydrogens (tertiary/aromatic N) is 2. The monoisotopic (exact) mass is 524 g/mol. The van der Waals surface area contributed by atoms with Gasteiger partial charge in [-0.2, -0.15) is 0 Å². The predicted molar refractivity (Wildman–Crippen MR) is 131 cm³/mol. The van der Waals surface area contributed by atoms with E-state index < -0.39 is 0 Å². The Morgan fingerprint density at radius 3 is 2.67 bits per heavy atom. The van der Waals surface area contributed by atoms with Gasteiger partial charge in [0.2, 0.25) is 0 Å². The van der Waals surface area contributed by atoms with E-state index in [1.165, 1.54) is 18.4 Å². The van der Waals surface area contributed by atoms with Crippen molar-refractivity contribution in [2.75, 3.05) is 26.7 Å². The second kappa shape index (κ2) is 10.0. The van der Waals surface area contributed by atoms with Gasteiger partial charge in [0.1, 0.15) is 17.1 Å². The summed E-state index contributed by atoms with van der Waals surface area (Å²) in [7, 11) is 1.82. The molecule has 4 rings (SSSR count). The summed E-state index contributed by atoms with van der Waals surface area (Å²) in [5, 5.41) is 7.15. The molecule has 1 aromatic heterocycles. The third-order valence-electron chi connectivity index (χ3n) is 5.83. The van der Waals surface area contributed by atoms with E-state index in [0.717, 1.165) is 43.5 Å². The number of halogens is 1. The van der Waals surface area contributed by atoms with Gasteiger partial charge >= 0.3 is 0 Å². The van der Waals surface area contributed by atoms with Crippen LogP contribution in [0.5, 0.6) is 5.75 Å². The van der Waals surface area contributed by atoms with Gasteiger partial charge in [0, 0.05) is 25.6 Å². The van der Waals surface area contributed by atoms with Crippen LogP contribution in [0, 0.1) is 0 Å². The highest BCUT2D eigenvalue weighted by Gasteiger charge is 2.34. The zero-order valence-corrected chi connectivity index (χ0v) is 20.4. The van der Waals surface area contributed by atoms with E-state index in [1.807, 2.05) is 25.2 Å². The van der Waals surface area contributed by atoms with Crippen LogP contribution in [-0.4, -0.2) is 43.1 Å². The van der Waals surface area contributed by atoms with Crippen molar-refractivity contribution in [3.05, 3.63) is 54.0 Å². The van der Waals surface area contributed by atoms with Gasteiger partial charge < -0.3 is 19.8 Å². The Morgan fingerprint density at radius 2 is 1.97 bits per heavy atom.